The Morgan fingerprint density at radius 3 is 2.86 bits per heavy atom. The molecule has 0 bridgehead atoms. The molecule has 0 atom stereocenters. The summed E-state index contributed by atoms with van der Waals surface area (Å²) < 4.78 is 1.21. The zero-order valence-corrected chi connectivity index (χ0v) is 12.2. The zero-order valence-electron chi connectivity index (χ0n) is 11.4. The molecule has 3 rings (SSSR count). The fraction of sp³-hybridized carbons (Fsp3) is 0. The summed E-state index contributed by atoms with van der Waals surface area (Å²) in [5.74, 6) is -1.11. The number of nitrogens with zero attached hydrogens (tertiary/aromatic N) is 2. The minimum atomic E-state index is -1.11. The van der Waals surface area contributed by atoms with Crippen LogP contribution >= 0.6 is 11.3 Å². The first-order valence-corrected chi connectivity index (χ1v) is 7.35. The van der Waals surface area contributed by atoms with Gasteiger partial charge in [0.25, 0.3) is 0 Å². The number of benzene rings is 1. The van der Waals surface area contributed by atoms with Crippen molar-refractivity contribution in [1.29, 1.82) is 5.26 Å². The van der Waals surface area contributed by atoms with Crippen LogP contribution in [-0.4, -0.2) is 16.1 Å². The molecule has 0 spiro atoms. The predicted molar refractivity (Wildman–Crippen MR) is 86.7 cm³/mol. The predicted octanol–water partition coefficient (Wildman–Crippen LogP) is 4.04. The molecule has 4 nitrogen and oxygen atoms in total. The Kier molecular flexibility index (Phi) is 3.69. The van der Waals surface area contributed by atoms with Crippen molar-refractivity contribution >= 4 is 39.5 Å². The van der Waals surface area contributed by atoms with E-state index in [4.69, 9.17) is 10.4 Å². The first-order chi connectivity index (χ1) is 10.7. The normalized spacial score (nSPS) is 10.9. The van der Waals surface area contributed by atoms with Crippen molar-refractivity contribution in [2.75, 3.05) is 0 Å². The molecule has 0 aliphatic rings. The average molecular weight is 306 g/mol. The number of fused-ring (bicyclic) bond motifs is 1. The van der Waals surface area contributed by atoms with Gasteiger partial charge >= 0.3 is 5.97 Å². The Morgan fingerprint density at radius 1 is 1.23 bits per heavy atom. The Balaban J connectivity index is 1.98. The lowest BCUT2D eigenvalue weighted by Crippen LogP contribution is -2.02. The van der Waals surface area contributed by atoms with Gasteiger partial charge < -0.3 is 5.11 Å². The van der Waals surface area contributed by atoms with Gasteiger partial charge in [0, 0.05) is 4.70 Å². The molecule has 22 heavy (non-hydrogen) atoms. The number of rotatable bonds is 3. The molecule has 0 fully saturated rings. The van der Waals surface area contributed by atoms with Crippen LogP contribution in [0.2, 0.25) is 0 Å². The average Bonchev–Trinajstić information content (AvgIpc) is 3.00. The van der Waals surface area contributed by atoms with E-state index in [2.05, 4.69) is 4.98 Å². The topological polar surface area (TPSA) is 74.0 Å². The molecular weight excluding hydrogens is 296 g/mol. The second-order valence-corrected chi connectivity index (χ2v) is 5.55. The fourth-order valence-electron chi connectivity index (χ4n) is 2.08. The minimum absolute atomic E-state index is 0.0769. The van der Waals surface area contributed by atoms with Gasteiger partial charge in [-0.25, -0.2) is 9.78 Å². The van der Waals surface area contributed by atoms with Crippen LogP contribution in [0.4, 0.5) is 0 Å². The second kappa shape index (κ2) is 5.80. The van der Waals surface area contributed by atoms with Crippen LogP contribution < -0.4 is 0 Å². The van der Waals surface area contributed by atoms with E-state index < -0.39 is 5.97 Å². The van der Waals surface area contributed by atoms with Gasteiger partial charge in [-0.05, 0) is 52.7 Å². The first-order valence-electron chi connectivity index (χ1n) is 6.47. The van der Waals surface area contributed by atoms with Gasteiger partial charge in [0.2, 0.25) is 0 Å². The summed E-state index contributed by atoms with van der Waals surface area (Å²) >= 11 is 1.68. The fourth-order valence-corrected chi connectivity index (χ4v) is 2.85. The van der Waals surface area contributed by atoms with Gasteiger partial charge in [-0.15, -0.1) is 11.3 Å². The summed E-state index contributed by atoms with van der Waals surface area (Å²) in [6, 6.07) is 12.9. The molecule has 3 aromatic rings. The maximum atomic E-state index is 11.0. The minimum Gasteiger partial charge on any atom is -0.477 e. The largest absolute Gasteiger partial charge is 0.477 e. The lowest BCUT2D eigenvalue weighted by molar-refractivity contribution is 0.0690. The van der Waals surface area contributed by atoms with Gasteiger partial charge in [0.05, 0.1) is 11.3 Å². The number of carboxylic acid groups (broad SMARTS) is 1. The van der Waals surface area contributed by atoms with E-state index in [1.807, 2.05) is 41.8 Å². The van der Waals surface area contributed by atoms with Crippen LogP contribution in [0.1, 0.15) is 27.3 Å². The maximum absolute atomic E-state index is 11.0. The van der Waals surface area contributed by atoms with Crippen LogP contribution in [-0.2, 0) is 0 Å². The Bertz CT molecular complexity index is 935. The highest BCUT2D eigenvalue weighted by molar-refractivity contribution is 7.17. The standard InChI is InChI=1S/C17H10N2O2S/c18-10-13-3-5-15(17(20)21)19-14(13)4-1-11-2-6-16-12(9-11)7-8-22-16/h1-9H,(H,20,21)/b4-1+. The molecule has 106 valence electrons. The molecule has 2 heterocycles. The highest BCUT2D eigenvalue weighted by Gasteiger charge is 2.08. The number of hydrogen-bond acceptors (Lipinski definition) is 4. The van der Waals surface area contributed by atoms with E-state index >= 15 is 0 Å². The third kappa shape index (κ3) is 2.73. The molecule has 0 saturated heterocycles. The number of aromatic nitrogens is 1. The third-order valence-electron chi connectivity index (χ3n) is 3.17. The molecule has 1 N–H and O–H groups in total. The summed E-state index contributed by atoms with van der Waals surface area (Å²) in [6.45, 7) is 0. The molecule has 2 aromatic heterocycles. The molecule has 0 amide bonds. The lowest BCUT2D eigenvalue weighted by atomic mass is 10.1. The highest BCUT2D eigenvalue weighted by Crippen LogP contribution is 2.22. The van der Waals surface area contributed by atoms with Crippen LogP contribution in [0.5, 0.6) is 0 Å². The summed E-state index contributed by atoms with van der Waals surface area (Å²) in [5, 5.41) is 21.3. The first kappa shape index (κ1) is 14.0. The van der Waals surface area contributed by atoms with E-state index in [1.54, 1.807) is 17.4 Å². The third-order valence-corrected chi connectivity index (χ3v) is 4.07. The maximum Gasteiger partial charge on any atom is 0.354 e. The van der Waals surface area contributed by atoms with E-state index in [-0.39, 0.29) is 5.69 Å². The molecule has 5 heteroatoms. The lowest BCUT2D eigenvalue weighted by Gasteiger charge is -2.00. The number of pyridine rings is 1. The van der Waals surface area contributed by atoms with Gasteiger partial charge in [-0.3, -0.25) is 0 Å². The molecular formula is C17H10N2O2S. The van der Waals surface area contributed by atoms with Gasteiger partial charge in [0.1, 0.15) is 11.8 Å². The summed E-state index contributed by atoms with van der Waals surface area (Å²) in [5.41, 5.74) is 1.59. The van der Waals surface area contributed by atoms with Crippen molar-refractivity contribution in [1.82, 2.24) is 4.98 Å². The van der Waals surface area contributed by atoms with Crippen molar-refractivity contribution in [2.45, 2.75) is 0 Å². The number of hydrogen-bond donors (Lipinski definition) is 1. The van der Waals surface area contributed by atoms with E-state index in [1.165, 1.54) is 16.8 Å². The molecule has 0 radical (unpaired) electrons. The molecule has 0 aliphatic heterocycles. The Labute approximate surface area is 130 Å². The van der Waals surface area contributed by atoms with Gasteiger partial charge in [-0.2, -0.15) is 5.26 Å². The second-order valence-electron chi connectivity index (χ2n) is 4.60. The van der Waals surface area contributed by atoms with Crippen molar-refractivity contribution in [3.05, 3.63) is 64.3 Å². The smallest absolute Gasteiger partial charge is 0.354 e. The molecule has 1 aromatic carbocycles. The van der Waals surface area contributed by atoms with Crippen molar-refractivity contribution in [2.24, 2.45) is 0 Å². The van der Waals surface area contributed by atoms with Gasteiger partial charge in [-0.1, -0.05) is 12.1 Å². The quantitative estimate of drug-likeness (QED) is 0.792. The van der Waals surface area contributed by atoms with E-state index in [0.717, 1.165) is 10.9 Å². The number of aromatic carboxylic acids is 1. The monoisotopic (exact) mass is 306 g/mol. The number of carboxylic acids is 1. The molecule has 0 saturated carbocycles. The van der Waals surface area contributed by atoms with Crippen LogP contribution in [0.25, 0.3) is 22.2 Å². The van der Waals surface area contributed by atoms with Crippen LogP contribution in [0.15, 0.2) is 41.8 Å². The summed E-state index contributed by atoms with van der Waals surface area (Å²) in [7, 11) is 0. The SMILES string of the molecule is N#Cc1ccc(C(=O)O)nc1/C=C/c1ccc2sccc2c1. The molecule has 0 aliphatic carbocycles. The molecule has 0 unspecified atom stereocenters. The van der Waals surface area contributed by atoms with Crippen LogP contribution in [0, 0.1) is 11.3 Å². The zero-order chi connectivity index (χ0) is 15.5. The van der Waals surface area contributed by atoms with Crippen molar-refractivity contribution < 1.29 is 9.90 Å². The van der Waals surface area contributed by atoms with Crippen LogP contribution in [0.3, 0.4) is 0 Å². The highest BCUT2D eigenvalue weighted by atomic mass is 32.1. The Morgan fingerprint density at radius 2 is 2.09 bits per heavy atom. The Hall–Kier alpha value is -2.97. The number of carbonyl (C=O) groups is 1. The van der Waals surface area contributed by atoms with Gasteiger partial charge in [0.15, 0.2) is 0 Å². The van der Waals surface area contributed by atoms with E-state index in [9.17, 15) is 4.79 Å². The van der Waals surface area contributed by atoms with Crippen molar-refractivity contribution in [3.63, 3.8) is 0 Å². The summed E-state index contributed by atoms with van der Waals surface area (Å²) in [6.07, 6.45) is 3.49. The number of nitriles is 1. The van der Waals surface area contributed by atoms with Crippen molar-refractivity contribution in [3.8, 4) is 6.07 Å². The summed E-state index contributed by atoms with van der Waals surface area (Å²) in [4.78, 5) is 15.0. The number of thiophene rings is 1. The van der Waals surface area contributed by atoms with E-state index in [0.29, 0.717) is 11.3 Å².